The Bertz CT molecular complexity index is 700. The highest BCUT2D eigenvalue weighted by Gasteiger charge is 2.46. The second-order valence-corrected chi connectivity index (χ2v) is 8.46. The van der Waals surface area contributed by atoms with Crippen molar-refractivity contribution in [3.05, 3.63) is 65.7 Å². The summed E-state index contributed by atoms with van der Waals surface area (Å²) in [5.74, 6) is 1.63. The Kier molecular flexibility index (Phi) is 6.56. The van der Waals surface area contributed by atoms with Crippen molar-refractivity contribution in [1.82, 2.24) is 0 Å². The fourth-order valence-electron chi connectivity index (χ4n) is 4.86. The summed E-state index contributed by atoms with van der Waals surface area (Å²) in [6.45, 7) is 8.33. The van der Waals surface area contributed by atoms with Gasteiger partial charge in [0.15, 0.2) is 0 Å². The number of hydrogen-bond acceptors (Lipinski definition) is 1. The van der Waals surface area contributed by atoms with Gasteiger partial charge in [-0.25, -0.2) is 0 Å². The molecule has 0 amide bonds. The lowest BCUT2D eigenvalue weighted by Crippen LogP contribution is -3.15. The molecule has 3 N–H and O–H groups in total. The summed E-state index contributed by atoms with van der Waals surface area (Å²) in [6, 6.07) is 20.4. The van der Waals surface area contributed by atoms with Gasteiger partial charge in [-0.05, 0) is 36.8 Å². The quantitative estimate of drug-likeness (QED) is 0.720. The number of nitrogens with two attached hydrogens (primary N) is 1. The predicted molar refractivity (Wildman–Crippen MR) is 111 cm³/mol. The fraction of sp³-hybridized carbons (Fsp3) is 0.500. The van der Waals surface area contributed by atoms with Crippen molar-refractivity contribution in [2.24, 2.45) is 5.92 Å². The third-order valence-corrected chi connectivity index (χ3v) is 6.77. The van der Waals surface area contributed by atoms with E-state index < -0.39 is 0 Å². The average molecular weight is 369 g/mol. The largest absolute Gasteiger partial charge is 0.497 e. The van der Waals surface area contributed by atoms with Crippen LogP contribution in [0.25, 0.3) is 0 Å². The van der Waals surface area contributed by atoms with Crippen molar-refractivity contribution >= 4 is 0 Å². The van der Waals surface area contributed by atoms with E-state index in [0.717, 1.165) is 18.8 Å². The topological polar surface area (TPSA) is 30.3 Å². The Balaban J connectivity index is 1.67. The van der Waals surface area contributed by atoms with Gasteiger partial charge >= 0.3 is 0 Å². The van der Waals surface area contributed by atoms with E-state index in [1.54, 1.807) is 12.0 Å². The van der Waals surface area contributed by atoms with E-state index in [1.807, 2.05) is 0 Å². The summed E-state index contributed by atoms with van der Waals surface area (Å²) in [7, 11) is 4.07. The zero-order chi connectivity index (χ0) is 19.3. The Morgan fingerprint density at radius 2 is 1.78 bits per heavy atom. The second-order valence-electron chi connectivity index (χ2n) is 8.46. The highest BCUT2D eigenvalue weighted by Crippen LogP contribution is 2.40. The first kappa shape index (κ1) is 19.9. The zero-order valence-corrected chi connectivity index (χ0v) is 17.4. The Labute approximate surface area is 164 Å². The summed E-state index contributed by atoms with van der Waals surface area (Å²) in [6.07, 6.45) is 2.52. The molecular weight excluding hydrogens is 332 g/mol. The maximum atomic E-state index is 5.25. The molecule has 1 heterocycles. The van der Waals surface area contributed by atoms with Gasteiger partial charge in [-0.3, -0.25) is 0 Å². The first-order chi connectivity index (χ1) is 13.0. The van der Waals surface area contributed by atoms with E-state index in [0.29, 0.717) is 17.4 Å². The lowest BCUT2D eigenvalue weighted by molar-refractivity contribution is -0.915. The molecule has 27 heavy (non-hydrogen) atoms. The molecule has 4 atom stereocenters. The van der Waals surface area contributed by atoms with Crippen LogP contribution in [0.5, 0.6) is 5.75 Å². The van der Waals surface area contributed by atoms with E-state index >= 15 is 0 Å². The van der Waals surface area contributed by atoms with Crippen molar-refractivity contribution in [2.45, 2.75) is 44.7 Å². The third kappa shape index (κ3) is 4.53. The number of ether oxygens (including phenoxy) is 1. The molecule has 1 saturated heterocycles. The molecule has 1 aliphatic rings. The van der Waals surface area contributed by atoms with E-state index in [9.17, 15) is 0 Å². The molecule has 3 heteroatoms. The van der Waals surface area contributed by atoms with Crippen molar-refractivity contribution in [1.29, 1.82) is 0 Å². The van der Waals surface area contributed by atoms with Crippen LogP contribution >= 0.6 is 0 Å². The summed E-state index contributed by atoms with van der Waals surface area (Å²) < 4.78 is 5.25. The Morgan fingerprint density at radius 3 is 2.44 bits per heavy atom. The standard InChI is InChI=1S/C24H34N2O/c1-19-18-26(3)20(2)16-24(19,22-8-6-5-7-9-22)14-15-25-17-21-10-12-23(27-4)13-11-21/h5-13,19-20,25H,14-18H2,1-4H3/p+2/t19-,20+,24+/m1/s1. The van der Waals surface area contributed by atoms with Gasteiger partial charge in [0, 0.05) is 29.7 Å². The first-order valence-electron chi connectivity index (χ1n) is 10.4. The van der Waals surface area contributed by atoms with Crippen LogP contribution in [0.4, 0.5) is 0 Å². The van der Waals surface area contributed by atoms with Crippen LogP contribution in [0.3, 0.4) is 0 Å². The van der Waals surface area contributed by atoms with Gasteiger partial charge in [-0.1, -0.05) is 37.3 Å². The normalized spacial score (nSPS) is 28.1. The summed E-state index contributed by atoms with van der Waals surface area (Å²) in [5, 5.41) is 2.47. The highest BCUT2D eigenvalue weighted by molar-refractivity contribution is 5.28. The van der Waals surface area contributed by atoms with Crippen LogP contribution in [-0.4, -0.2) is 33.3 Å². The van der Waals surface area contributed by atoms with Crippen molar-refractivity contribution < 1.29 is 15.0 Å². The predicted octanol–water partition coefficient (Wildman–Crippen LogP) is 2.03. The number of benzene rings is 2. The van der Waals surface area contributed by atoms with Crippen LogP contribution in [0.15, 0.2) is 54.6 Å². The Morgan fingerprint density at radius 1 is 1.07 bits per heavy atom. The molecular formula is C24H36N2O+2. The summed E-state index contributed by atoms with van der Waals surface area (Å²) >= 11 is 0. The number of nitrogens with one attached hydrogen (secondary N) is 1. The molecule has 0 spiro atoms. The molecule has 0 bridgehead atoms. The van der Waals surface area contributed by atoms with Gasteiger partial charge < -0.3 is 15.0 Å². The van der Waals surface area contributed by atoms with Gasteiger partial charge in [0.25, 0.3) is 0 Å². The zero-order valence-electron chi connectivity index (χ0n) is 17.4. The molecule has 0 aliphatic carbocycles. The maximum absolute atomic E-state index is 5.25. The van der Waals surface area contributed by atoms with Crippen LogP contribution in [0.1, 0.15) is 37.8 Å². The van der Waals surface area contributed by atoms with E-state index in [2.05, 4.69) is 80.8 Å². The van der Waals surface area contributed by atoms with Crippen molar-refractivity contribution in [3.8, 4) is 5.75 Å². The van der Waals surface area contributed by atoms with E-state index in [1.165, 1.54) is 30.5 Å². The molecule has 0 radical (unpaired) electrons. The molecule has 2 aromatic rings. The van der Waals surface area contributed by atoms with Gasteiger partial charge in [0.2, 0.25) is 0 Å². The molecule has 1 unspecified atom stereocenters. The molecule has 146 valence electrons. The van der Waals surface area contributed by atoms with Crippen LogP contribution in [0.2, 0.25) is 0 Å². The smallest absolute Gasteiger partial charge is 0.118 e. The SMILES string of the molecule is COc1ccc(C[NH2+]CC[C@]2(c3ccccc3)C[C@H](C)[NH+](C)C[C@H]2C)cc1. The van der Waals surface area contributed by atoms with Gasteiger partial charge in [-0.2, -0.15) is 0 Å². The molecule has 0 aromatic heterocycles. The third-order valence-electron chi connectivity index (χ3n) is 6.77. The van der Waals surface area contributed by atoms with Crippen LogP contribution in [0, 0.1) is 5.92 Å². The minimum atomic E-state index is 0.302. The first-order valence-corrected chi connectivity index (χ1v) is 10.4. The molecule has 2 aromatic carbocycles. The number of quaternary nitrogens is 2. The van der Waals surface area contributed by atoms with E-state index in [-0.39, 0.29) is 0 Å². The van der Waals surface area contributed by atoms with Gasteiger partial charge in [0.1, 0.15) is 12.3 Å². The van der Waals surface area contributed by atoms with Gasteiger partial charge in [-0.15, -0.1) is 0 Å². The minimum Gasteiger partial charge on any atom is -0.497 e. The number of piperidine rings is 1. The number of methoxy groups -OCH3 is 1. The number of rotatable bonds is 7. The summed E-state index contributed by atoms with van der Waals surface area (Å²) in [5.41, 5.74) is 3.20. The van der Waals surface area contributed by atoms with E-state index in [4.69, 9.17) is 4.74 Å². The molecule has 0 saturated carbocycles. The molecule has 3 nitrogen and oxygen atoms in total. The summed E-state index contributed by atoms with van der Waals surface area (Å²) in [4.78, 5) is 1.68. The maximum Gasteiger partial charge on any atom is 0.118 e. The van der Waals surface area contributed by atoms with Crippen molar-refractivity contribution in [3.63, 3.8) is 0 Å². The molecule has 1 aliphatic heterocycles. The molecule has 3 rings (SSSR count). The monoisotopic (exact) mass is 368 g/mol. The lowest BCUT2D eigenvalue weighted by Gasteiger charge is -2.47. The van der Waals surface area contributed by atoms with Crippen LogP contribution in [-0.2, 0) is 12.0 Å². The number of hydrogen-bond donors (Lipinski definition) is 2. The second kappa shape index (κ2) is 8.90. The van der Waals surface area contributed by atoms with Crippen molar-refractivity contribution in [2.75, 3.05) is 27.2 Å². The highest BCUT2D eigenvalue weighted by atomic mass is 16.5. The molecule has 1 fully saturated rings. The minimum absolute atomic E-state index is 0.302. The number of likely N-dealkylation sites (tertiary alicyclic amines) is 1. The Hall–Kier alpha value is -1.84. The van der Waals surface area contributed by atoms with Gasteiger partial charge in [0.05, 0.1) is 33.3 Å². The fourth-order valence-corrected chi connectivity index (χ4v) is 4.86. The van der Waals surface area contributed by atoms with Crippen LogP contribution < -0.4 is 15.0 Å². The average Bonchev–Trinajstić information content (AvgIpc) is 2.70. The lowest BCUT2D eigenvalue weighted by atomic mass is 9.63.